The van der Waals surface area contributed by atoms with Crippen LogP contribution >= 0.6 is 0 Å². The minimum atomic E-state index is -0.857. The van der Waals surface area contributed by atoms with Gasteiger partial charge >= 0.3 is 0 Å². The number of ketones is 1. The average molecular weight is 577 g/mol. The van der Waals surface area contributed by atoms with Crippen molar-refractivity contribution < 1.29 is 43.3 Å². The van der Waals surface area contributed by atoms with Crippen LogP contribution in [-0.2, 0) is 43.3 Å². The molecule has 0 aromatic rings. The second kappa shape index (κ2) is 9.19. The molecule has 16 atom stereocenters. The van der Waals surface area contributed by atoms with Crippen LogP contribution in [0.5, 0.6) is 0 Å². The van der Waals surface area contributed by atoms with Gasteiger partial charge in [0.25, 0.3) is 0 Å². The Hall–Kier alpha value is -0.650. The van der Waals surface area contributed by atoms with Gasteiger partial charge in [-0.25, -0.2) is 19.6 Å². The van der Waals surface area contributed by atoms with Crippen LogP contribution in [0.1, 0.15) is 99.3 Å². The van der Waals surface area contributed by atoms with E-state index in [2.05, 4.69) is 27.7 Å². The van der Waals surface area contributed by atoms with Gasteiger partial charge in [-0.2, -0.15) is 0 Å². The maximum atomic E-state index is 14.2. The van der Waals surface area contributed by atoms with Gasteiger partial charge in [-0.1, -0.05) is 27.7 Å². The van der Waals surface area contributed by atoms with Crippen molar-refractivity contribution in [3.63, 3.8) is 0 Å². The lowest BCUT2D eigenvalue weighted by molar-refractivity contribution is -0.571. The lowest BCUT2D eigenvalue weighted by Crippen LogP contribution is -2.71. The first-order valence-corrected chi connectivity index (χ1v) is 16.4. The summed E-state index contributed by atoms with van der Waals surface area (Å²) in [5, 5.41) is 0. The summed E-state index contributed by atoms with van der Waals surface area (Å²) in [6.07, 6.45) is 5.99. The van der Waals surface area contributed by atoms with Crippen LogP contribution in [0.2, 0.25) is 0 Å². The summed E-state index contributed by atoms with van der Waals surface area (Å²) in [7, 11) is 0. The molecule has 10 rings (SSSR count). The molecule has 2 spiro atoms. The number of Topliss-reactive ketones (excluding diaryl/α,β-unsaturated/α-hetero) is 1. The Morgan fingerprint density at radius 3 is 1.71 bits per heavy atom. The zero-order valence-electron chi connectivity index (χ0n) is 25.5. The highest BCUT2D eigenvalue weighted by molar-refractivity contribution is 5.84. The SMILES string of the molecule is C[C@@H]1[C@@H](C(=O)C[C@H]2O[C@@H]3O[C@]4(C)CC[C@@H]5[C@H](C)CC[C@@H]([C@H]2C)[C@@]35OO4)O[C@@H]2O[C@]3(C)CC[C@H]4[C@H](C)CC[C@@H]1[C@@]24OO3. The van der Waals surface area contributed by atoms with Gasteiger partial charge < -0.3 is 18.9 Å². The van der Waals surface area contributed by atoms with Gasteiger partial charge in [-0.05, 0) is 87.9 Å². The Balaban J connectivity index is 1.06. The van der Waals surface area contributed by atoms with E-state index in [-0.39, 0.29) is 47.9 Å². The lowest BCUT2D eigenvalue weighted by Gasteiger charge is -2.61. The zero-order chi connectivity index (χ0) is 28.5. The Kier molecular flexibility index (Phi) is 6.25. The lowest BCUT2D eigenvalue weighted by atomic mass is 9.56. The van der Waals surface area contributed by atoms with E-state index in [0.717, 1.165) is 51.4 Å². The van der Waals surface area contributed by atoms with Crippen molar-refractivity contribution in [2.24, 2.45) is 47.3 Å². The number of ether oxygens (including phenoxy) is 4. The summed E-state index contributed by atoms with van der Waals surface area (Å²) < 4.78 is 26.5. The van der Waals surface area contributed by atoms with Gasteiger partial charge in [0.05, 0.1) is 6.10 Å². The first-order chi connectivity index (χ1) is 19.5. The zero-order valence-corrected chi connectivity index (χ0v) is 25.5. The Morgan fingerprint density at radius 1 is 0.634 bits per heavy atom. The first-order valence-electron chi connectivity index (χ1n) is 16.4. The Morgan fingerprint density at radius 2 is 1.15 bits per heavy atom. The van der Waals surface area contributed by atoms with Crippen molar-refractivity contribution in [2.75, 3.05) is 0 Å². The number of carbonyl (C=O) groups excluding carboxylic acids is 1. The molecule has 9 heteroatoms. The predicted molar refractivity (Wildman–Crippen MR) is 143 cm³/mol. The fraction of sp³-hybridized carbons (Fsp3) is 0.969. The Labute approximate surface area is 243 Å². The van der Waals surface area contributed by atoms with Gasteiger partial charge in [0, 0.05) is 31.1 Å². The second-order valence-electron chi connectivity index (χ2n) is 15.4. The van der Waals surface area contributed by atoms with Gasteiger partial charge in [-0.3, -0.25) is 4.79 Å². The molecule has 0 N–H and O–H groups in total. The second-order valence-corrected chi connectivity index (χ2v) is 15.4. The third kappa shape index (κ3) is 3.73. The molecule has 0 aromatic carbocycles. The molecular weight excluding hydrogens is 528 g/mol. The highest BCUT2D eigenvalue weighted by Gasteiger charge is 2.71. The van der Waals surface area contributed by atoms with Gasteiger partial charge in [0.2, 0.25) is 11.6 Å². The summed E-state index contributed by atoms with van der Waals surface area (Å²) in [5.41, 5.74) is -1.29. The average Bonchev–Trinajstić information content (AvgIpc) is 3.31. The van der Waals surface area contributed by atoms with Crippen LogP contribution in [-0.4, -0.2) is 53.3 Å². The van der Waals surface area contributed by atoms with Crippen molar-refractivity contribution in [1.29, 1.82) is 0 Å². The van der Waals surface area contributed by atoms with E-state index in [9.17, 15) is 4.79 Å². The molecule has 10 aliphatic rings. The molecule has 0 unspecified atom stereocenters. The van der Waals surface area contributed by atoms with Crippen molar-refractivity contribution in [3.8, 4) is 0 Å². The summed E-state index contributed by atoms with van der Waals surface area (Å²) in [4.78, 5) is 38.8. The fourth-order valence-electron chi connectivity index (χ4n) is 10.8. The Bertz CT molecular complexity index is 1090. The standard InChI is InChI=1S/C32H48O9/c1-16-7-9-22-18(3)25(34-27-31(22)20(16)11-13-29(5,36-27)38-40-31)15-24(33)26-19(4)23-10-8-17(2)21-12-14-30(6)37-28(35-26)32(21,23)41-39-30/h16-23,25-28H,7-15H2,1-6H3/t16-,17-,18-,19+,20-,21+,22+,23+,25-,26+,27-,28-,29+,30+,31-,32-/m1/s1. The molecule has 10 fully saturated rings. The van der Waals surface area contributed by atoms with E-state index in [1.54, 1.807) is 0 Å². The summed E-state index contributed by atoms with van der Waals surface area (Å²) in [5.74, 6) is 0.382. The molecule has 8 saturated heterocycles. The smallest absolute Gasteiger partial charge is 0.201 e. The third-order valence-corrected chi connectivity index (χ3v) is 13.2. The van der Waals surface area contributed by atoms with E-state index in [1.165, 1.54) is 0 Å². The van der Waals surface area contributed by atoms with Crippen molar-refractivity contribution >= 4 is 5.78 Å². The summed E-state index contributed by atoms with van der Waals surface area (Å²) in [6, 6.07) is 0. The minimum absolute atomic E-state index is 0.0191. The number of carbonyl (C=O) groups is 1. The molecular formula is C32H48O9. The molecule has 230 valence electrons. The quantitative estimate of drug-likeness (QED) is 0.407. The van der Waals surface area contributed by atoms with Crippen molar-refractivity contribution in [1.82, 2.24) is 0 Å². The number of hydrogen-bond donors (Lipinski definition) is 0. The van der Waals surface area contributed by atoms with E-state index in [1.807, 2.05) is 13.8 Å². The van der Waals surface area contributed by atoms with Crippen LogP contribution in [0.4, 0.5) is 0 Å². The number of fused-ring (bicyclic) bond motifs is 4. The minimum Gasteiger partial charge on any atom is -0.345 e. The number of hydrogen-bond acceptors (Lipinski definition) is 9. The molecule has 8 aliphatic heterocycles. The largest absolute Gasteiger partial charge is 0.345 e. The molecule has 2 saturated carbocycles. The topological polar surface area (TPSA) is 90.9 Å². The van der Waals surface area contributed by atoms with Crippen molar-refractivity contribution in [2.45, 2.75) is 147 Å². The normalized spacial score (nSPS) is 60.9. The van der Waals surface area contributed by atoms with Crippen LogP contribution in [0.25, 0.3) is 0 Å². The predicted octanol–water partition coefficient (Wildman–Crippen LogP) is 5.45. The molecule has 8 heterocycles. The monoisotopic (exact) mass is 576 g/mol. The van der Waals surface area contributed by atoms with Gasteiger partial charge in [0.15, 0.2) is 29.6 Å². The van der Waals surface area contributed by atoms with E-state index in [0.29, 0.717) is 17.8 Å². The maximum absolute atomic E-state index is 14.2. The van der Waals surface area contributed by atoms with Crippen LogP contribution in [0.3, 0.4) is 0 Å². The van der Waals surface area contributed by atoms with Gasteiger partial charge in [-0.15, -0.1) is 0 Å². The summed E-state index contributed by atoms with van der Waals surface area (Å²) in [6.45, 7) is 12.9. The van der Waals surface area contributed by atoms with Crippen LogP contribution in [0.15, 0.2) is 0 Å². The molecule has 9 nitrogen and oxygen atoms in total. The molecule has 0 amide bonds. The maximum Gasteiger partial charge on any atom is 0.201 e. The third-order valence-electron chi connectivity index (χ3n) is 13.2. The van der Waals surface area contributed by atoms with E-state index >= 15 is 0 Å². The van der Waals surface area contributed by atoms with Crippen LogP contribution < -0.4 is 0 Å². The first kappa shape index (κ1) is 27.9. The van der Waals surface area contributed by atoms with E-state index in [4.69, 9.17) is 38.5 Å². The highest BCUT2D eigenvalue weighted by Crippen LogP contribution is 2.62. The summed E-state index contributed by atoms with van der Waals surface area (Å²) >= 11 is 0. The number of rotatable bonds is 3. The van der Waals surface area contributed by atoms with Gasteiger partial charge in [0.1, 0.15) is 6.10 Å². The molecule has 4 bridgehead atoms. The fourth-order valence-corrected chi connectivity index (χ4v) is 10.8. The van der Waals surface area contributed by atoms with Crippen molar-refractivity contribution in [3.05, 3.63) is 0 Å². The molecule has 0 radical (unpaired) electrons. The molecule has 0 aromatic heterocycles. The highest BCUT2D eigenvalue weighted by atomic mass is 17.3. The van der Waals surface area contributed by atoms with E-state index < -0.39 is 41.5 Å². The molecule has 41 heavy (non-hydrogen) atoms. The molecule has 2 aliphatic carbocycles. The van der Waals surface area contributed by atoms with Crippen LogP contribution in [0, 0.1) is 47.3 Å².